The van der Waals surface area contributed by atoms with Gasteiger partial charge in [-0.05, 0) is 50.8 Å². The molecule has 1 N–H and O–H groups in total. The number of aliphatic hydroxyl groups excluding tert-OH is 1. The van der Waals surface area contributed by atoms with Crippen LogP contribution in [0.15, 0.2) is 86.0 Å². The van der Waals surface area contributed by atoms with Gasteiger partial charge in [-0.15, -0.1) is 13.2 Å². The van der Waals surface area contributed by atoms with Crippen LogP contribution < -0.4 is 4.90 Å². The highest BCUT2D eigenvalue weighted by Gasteiger charge is 2.79. The van der Waals surface area contributed by atoms with Crippen molar-refractivity contribution in [3.05, 3.63) is 91.5 Å². The molecule has 3 fully saturated rings. The van der Waals surface area contributed by atoms with Gasteiger partial charge in [0.15, 0.2) is 0 Å². The van der Waals surface area contributed by atoms with Crippen molar-refractivity contribution in [2.75, 3.05) is 24.6 Å². The predicted molar refractivity (Wildman–Crippen MR) is 166 cm³/mol. The van der Waals surface area contributed by atoms with Gasteiger partial charge in [0.05, 0.1) is 30.1 Å². The van der Waals surface area contributed by atoms with E-state index in [0.717, 1.165) is 0 Å². The van der Waals surface area contributed by atoms with Crippen LogP contribution in [-0.2, 0) is 19.1 Å². The van der Waals surface area contributed by atoms with Crippen molar-refractivity contribution in [1.29, 1.82) is 0 Å². The average molecular weight is 586 g/mol. The molecule has 1 spiro atoms. The maximum atomic E-state index is 14.9. The maximum absolute atomic E-state index is 14.9. The fraction of sp³-hybridized carbons (Fsp3) is 0.457. The van der Waals surface area contributed by atoms with E-state index < -0.39 is 35.1 Å². The zero-order valence-corrected chi connectivity index (χ0v) is 25.4. The Labute approximate surface area is 254 Å². The highest BCUT2D eigenvalue weighted by atomic mass is 16.5. The monoisotopic (exact) mass is 585 g/mol. The van der Waals surface area contributed by atoms with E-state index in [0.29, 0.717) is 37.1 Å². The molecule has 3 heterocycles. The average Bonchev–Trinajstić information content (AvgIpc) is 3.63. The van der Waals surface area contributed by atoms with Crippen LogP contribution in [0, 0.1) is 11.8 Å². The molecule has 8 heteroatoms. The molecule has 2 bridgehead atoms. The highest BCUT2D eigenvalue weighted by Crippen LogP contribution is 2.65. The van der Waals surface area contributed by atoms with E-state index in [9.17, 15) is 19.5 Å². The molecule has 3 aliphatic rings. The molecule has 0 saturated carbocycles. The van der Waals surface area contributed by atoms with Crippen LogP contribution in [0.25, 0.3) is 0 Å². The lowest BCUT2D eigenvalue weighted by Crippen LogP contribution is -2.58. The Morgan fingerprint density at radius 2 is 1.65 bits per heavy atom. The molecule has 5 rings (SSSR count). The number of anilines is 1. The van der Waals surface area contributed by atoms with Crippen molar-refractivity contribution in [3.63, 3.8) is 0 Å². The van der Waals surface area contributed by atoms with Crippen LogP contribution in [0.5, 0.6) is 0 Å². The summed E-state index contributed by atoms with van der Waals surface area (Å²) in [6.07, 6.45) is 4.89. The first-order chi connectivity index (χ1) is 20.7. The topological polar surface area (TPSA) is 90.4 Å². The number of likely N-dealkylation sites (tertiary alicyclic amines) is 1. The van der Waals surface area contributed by atoms with E-state index in [-0.39, 0.29) is 36.9 Å². The fourth-order valence-corrected chi connectivity index (χ4v) is 7.75. The van der Waals surface area contributed by atoms with Crippen LogP contribution in [0.4, 0.5) is 5.69 Å². The molecule has 6 atom stereocenters. The summed E-state index contributed by atoms with van der Waals surface area (Å²) in [4.78, 5) is 49.1. The number of hydrogen-bond acceptors (Lipinski definition) is 5. The Bertz CT molecular complexity index is 1360. The molecule has 3 aliphatic heterocycles. The number of amides is 3. The Morgan fingerprint density at radius 1 is 1.02 bits per heavy atom. The zero-order valence-electron chi connectivity index (χ0n) is 25.4. The number of hydrogen-bond donors (Lipinski definition) is 1. The minimum absolute atomic E-state index is 0.167. The lowest BCUT2D eigenvalue weighted by molar-refractivity contribution is -0.157. The van der Waals surface area contributed by atoms with Crippen molar-refractivity contribution in [1.82, 2.24) is 9.80 Å². The minimum Gasteiger partial charge on any atom is -0.394 e. The van der Waals surface area contributed by atoms with Gasteiger partial charge in [0.25, 0.3) is 0 Å². The second-order valence-corrected chi connectivity index (χ2v) is 12.1. The minimum atomic E-state index is -1.21. The van der Waals surface area contributed by atoms with Crippen LogP contribution in [0.3, 0.4) is 0 Å². The Balaban J connectivity index is 1.68. The number of carbonyl (C=O) groups is 3. The van der Waals surface area contributed by atoms with Gasteiger partial charge in [0, 0.05) is 24.8 Å². The number of benzene rings is 2. The third kappa shape index (κ3) is 4.81. The summed E-state index contributed by atoms with van der Waals surface area (Å²) in [5.74, 6) is -2.49. The van der Waals surface area contributed by atoms with Gasteiger partial charge in [-0.2, -0.15) is 0 Å². The number of fused-ring (bicyclic) bond motifs is 1. The van der Waals surface area contributed by atoms with Crippen molar-refractivity contribution in [2.24, 2.45) is 11.8 Å². The zero-order chi connectivity index (χ0) is 30.9. The van der Waals surface area contributed by atoms with Crippen molar-refractivity contribution >= 4 is 23.4 Å². The van der Waals surface area contributed by atoms with Crippen LogP contribution >= 0.6 is 0 Å². The third-order valence-corrected chi connectivity index (χ3v) is 9.69. The smallest absolute Gasteiger partial charge is 0.248 e. The maximum Gasteiger partial charge on any atom is 0.248 e. The van der Waals surface area contributed by atoms with Gasteiger partial charge in [0.2, 0.25) is 17.7 Å². The molecule has 3 saturated heterocycles. The standard InChI is InChI=1S/C35H43N3O5/c1-6-21-36(24(4)5)33(42)30-35-20-19-34(8-3,43-35)28(31(40)37(22-7-2)26-17-13-10-14-18-26)29(35)32(41)38(30)27(23-39)25-15-11-9-12-16-25/h6-7,9-18,24,27-30,39H,1-2,8,19-23H2,3-5H3/t27-,28-,29+,30?,34+,35?/m1/s1. The summed E-state index contributed by atoms with van der Waals surface area (Å²) in [7, 11) is 0. The number of para-hydroxylation sites is 1. The Hall–Kier alpha value is -3.75. The number of rotatable bonds is 12. The number of nitrogens with zero attached hydrogens (tertiary/aromatic N) is 3. The summed E-state index contributed by atoms with van der Waals surface area (Å²) in [6, 6.07) is 16.7. The Kier molecular flexibility index (Phi) is 8.63. The highest BCUT2D eigenvalue weighted by molar-refractivity contribution is 6.03. The molecule has 2 unspecified atom stereocenters. The molecule has 228 valence electrons. The van der Waals surface area contributed by atoms with E-state index in [4.69, 9.17) is 4.74 Å². The van der Waals surface area contributed by atoms with Crippen molar-refractivity contribution in [3.8, 4) is 0 Å². The normalized spacial score (nSPS) is 28.1. The van der Waals surface area contributed by atoms with E-state index in [1.807, 2.05) is 81.4 Å². The summed E-state index contributed by atoms with van der Waals surface area (Å²) in [6.45, 7) is 13.8. The van der Waals surface area contributed by atoms with Crippen molar-refractivity contribution in [2.45, 2.75) is 69.4 Å². The van der Waals surface area contributed by atoms with Gasteiger partial charge in [-0.1, -0.05) is 67.6 Å². The van der Waals surface area contributed by atoms with Gasteiger partial charge in [-0.3, -0.25) is 14.4 Å². The SMILES string of the molecule is C=CCN(C(=O)[C@H]1[C@H]2C(=O)N([C@H](CO)c3ccccc3)C(C(=O)N(CC=C)C(C)C)C23CC[C@]1(CC)O3)c1ccccc1. The van der Waals surface area contributed by atoms with Gasteiger partial charge in [0.1, 0.15) is 11.6 Å². The first-order valence-corrected chi connectivity index (χ1v) is 15.3. The molecule has 3 amide bonds. The molecule has 0 aromatic heterocycles. The largest absolute Gasteiger partial charge is 0.394 e. The van der Waals surface area contributed by atoms with Gasteiger partial charge < -0.3 is 24.5 Å². The van der Waals surface area contributed by atoms with Crippen molar-refractivity contribution < 1.29 is 24.2 Å². The number of ether oxygens (including phenoxy) is 1. The lowest BCUT2D eigenvalue weighted by Gasteiger charge is -2.40. The number of aliphatic hydroxyl groups is 1. The quantitative estimate of drug-likeness (QED) is 0.370. The van der Waals surface area contributed by atoms with E-state index in [1.54, 1.807) is 22.0 Å². The molecule has 0 radical (unpaired) electrons. The third-order valence-electron chi connectivity index (χ3n) is 9.69. The summed E-state index contributed by atoms with van der Waals surface area (Å²) in [5.41, 5.74) is -0.677. The first kappa shape index (κ1) is 30.7. The summed E-state index contributed by atoms with van der Waals surface area (Å²) < 4.78 is 7.00. The fourth-order valence-electron chi connectivity index (χ4n) is 7.75. The predicted octanol–water partition coefficient (Wildman–Crippen LogP) is 4.52. The molecule has 2 aromatic carbocycles. The van der Waals surface area contributed by atoms with E-state index >= 15 is 0 Å². The molecular formula is C35H43N3O5. The van der Waals surface area contributed by atoms with Crippen LogP contribution in [0.2, 0.25) is 0 Å². The summed E-state index contributed by atoms with van der Waals surface area (Å²) in [5, 5.41) is 10.8. The molecular weight excluding hydrogens is 542 g/mol. The first-order valence-electron chi connectivity index (χ1n) is 15.3. The van der Waals surface area contributed by atoms with Gasteiger partial charge >= 0.3 is 0 Å². The van der Waals surface area contributed by atoms with Crippen LogP contribution in [-0.4, -0.2) is 75.6 Å². The van der Waals surface area contributed by atoms with Crippen LogP contribution in [0.1, 0.15) is 51.6 Å². The molecule has 8 nitrogen and oxygen atoms in total. The van der Waals surface area contributed by atoms with E-state index in [2.05, 4.69) is 13.2 Å². The molecule has 43 heavy (non-hydrogen) atoms. The number of carbonyl (C=O) groups excluding carboxylic acids is 3. The summed E-state index contributed by atoms with van der Waals surface area (Å²) >= 11 is 0. The Morgan fingerprint density at radius 3 is 2.21 bits per heavy atom. The van der Waals surface area contributed by atoms with E-state index in [1.165, 1.54) is 4.90 Å². The second kappa shape index (κ2) is 12.1. The lowest BCUT2D eigenvalue weighted by atomic mass is 9.64. The molecule has 2 aromatic rings. The van der Waals surface area contributed by atoms with Gasteiger partial charge in [-0.25, -0.2) is 0 Å². The molecule has 0 aliphatic carbocycles. The second-order valence-electron chi connectivity index (χ2n) is 12.1.